The molecule has 0 aromatic carbocycles. The highest BCUT2D eigenvalue weighted by molar-refractivity contribution is 14.1. The maximum atomic E-state index is 11.3. The Kier molecular flexibility index (Phi) is 3.57. The average Bonchev–Trinajstić information content (AvgIpc) is 2.50. The first kappa shape index (κ1) is 11.2. The van der Waals surface area contributed by atoms with Crippen LogP contribution in [0.15, 0.2) is 0 Å². The number of halogens is 1. The summed E-state index contributed by atoms with van der Waals surface area (Å²) in [5.74, 6) is 0.364. The third-order valence-electron chi connectivity index (χ3n) is 2.60. The van der Waals surface area contributed by atoms with Gasteiger partial charge in [-0.2, -0.15) is 0 Å². The molecule has 1 amide bonds. The molecule has 13 heavy (non-hydrogen) atoms. The van der Waals surface area contributed by atoms with Crippen LogP contribution in [0, 0.1) is 5.92 Å². The normalized spacial score (nSPS) is 24.8. The van der Waals surface area contributed by atoms with Crippen LogP contribution in [0.25, 0.3) is 0 Å². The molecule has 76 valence electrons. The number of hydrogen-bond donors (Lipinski definition) is 1. The van der Waals surface area contributed by atoms with Crippen molar-refractivity contribution in [2.45, 2.75) is 32.7 Å². The molecule has 1 aliphatic heterocycles. The van der Waals surface area contributed by atoms with Crippen molar-refractivity contribution < 1.29 is 4.79 Å². The Morgan fingerprint density at radius 3 is 2.54 bits per heavy atom. The highest BCUT2D eigenvalue weighted by Crippen LogP contribution is 2.24. The van der Waals surface area contributed by atoms with Crippen molar-refractivity contribution in [1.82, 2.24) is 8.43 Å². The predicted molar refractivity (Wildman–Crippen MR) is 61.6 cm³/mol. The second-order valence-electron chi connectivity index (χ2n) is 4.56. The summed E-state index contributed by atoms with van der Waals surface area (Å²) >= 11 is 1.91. The molecule has 0 bridgehead atoms. The number of carbonyl (C=O) groups excluding carboxylic acids is 1. The van der Waals surface area contributed by atoms with E-state index in [1.54, 1.807) is 0 Å². The highest BCUT2D eigenvalue weighted by atomic mass is 127. The summed E-state index contributed by atoms with van der Waals surface area (Å²) in [5, 5.41) is 0. The lowest BCUT2D eigenvalue weighted by atomic mass is 10.1. The Hall–Kier alpha value is 0.160. The molecule has 4 heteroatoms. The van der Waals surface area contributed by atoms with Crippen LogP contribution in [0.3, 0.4) is 0 Å². The number of nitrogens with one attached hydrogen (secondary N) is 1. The Bertz CT molecular complexity index is 200. The number of amides is 1. The molecule has 1 N–H and O–H groups in total. The Balaban J connectivity index is 2.50. The minimum atomic E-state index is 0.173. The van der Waals surface area contributed by atoms with Crippen LogP contribution in [0.5, 0.6) is 0 Å². The van der Waals surface area contributed by atoms with Gasteiger partial charge in [0.15, 0.2) is 0 Å². The van der Waals surface area contributed by atoms with Crippen LogP contribution in [-0.4, -0.2) is 29.4 Å². The summed E-state index contributed by atoms with van der Waals surface area (Å²) in [6.45, 7) is 8.52. The summed E-state index contributed by atoms with van der Waals surface area (Å²) in [5.41, 5.74) is 0.195. The van der Waals surface area contributed by atoms with Gasteiger partial charge in [-0.25, -0.2) is 0 Å². The summed E-state index contributed by atoms with van der Waals surface area (Å²) in [4.78, 5) is 13.7. The second kappa shape index (κ2) is 4.13. The number of hydrogen-bond acceptors (Lipinski definition) is 2. The molecule has 0 aromatic rings. The number of carbonyl (C=O) groups is 1. The fraction of sp³-hybridized carbons (Fsp3) is 0.889. The molecule has 0 aliphatic carbocycles. The van der Waals surface area contributed by atoms with E-state index in [-0.39, 0.29) is 17.4 Å². The molecular formula is C9H17IN2O. The molecule has 1 unspecified atom stereocenters. The topological polar surface area (TPSA) is 32.3 Å². The lowest BCUT2D eigenvalue weighted by Gasteiger charge is -2.31. The van der Waals surface area contributed by atoms with Gasteiger partial charge in [0.2, 0.25) is 5.91 Å². The largest absolute Gasteiger partial charge is 0.299 e. The van der Waals surface area contributed by atoms with Gasteiger partial charge in [0.05, 0.1) is 28.8 Å². The summed E-state index contributed by atoms with van der Waals surface area (Å²) in [6.07, 6.45) is 0.992. The van der Waals surface area contributed by atoms with Crippen molar-refractivity contribution in [2.75, 3.05) is 13.1 Å². The Morgan fingerprint density at radius 2 is 2.15 bits per heavy atom. The van der Waals surface area contributed by atoms with Crippen molar-refractivity contribution in [3.05, 3.63) is 0 Å². The van der Waals surface area contributed by atoms with Crippen molar-refractivity contribution in [3.8, 4) is 0 Å². The van der Waals surface area contributed by atoms with E-state index in [2.05, 4.69) is 29.2 Å². The fourth-order valence-electron chi connectivity index (χ4n) is 1.66. The van der Waals surface area contributed by atoms with Gasteiger partial charge in [0, 0.05) is 12.1 Å². The minimum Gasteiger partial charge on any atom is -0.299 e. The van der Waals surface area contributed by atoms with E-state index in [9.17, 15) is 4.79 Å². The molecule has 0 saturated carbocycles. The van der Waals surface area contributed by atoms with Crippen LogP contribution < -0.4 is 3.53 Å². The highest BCUT2D eigenvalue weighted by Gasteiger charge is 2.33. The van der Waals surface area contributed by atoms with Gasteiger partial charge in [-0.1, -0.05) is 0 Å². The van der Waals surface area contributed by atoms with Gasteiger partial charge in [-0.3, -0.25) is 13.2 Å². The van der Waals surface area contributed by atoms with Crippen LogP contribution in [0.4, 0.5) is 0 Å². The number of rotatable bonds is 1. The van der Waals surface area contributed by atoms with Gasteiger partial charge in [-0.15, -0.1) is 0 Å². The lowest BCUT2D eigenvalue weighted by molar-refractivity contribution is -0.122. The number of likely N-dealkylation sites (tertiary alicyclic amines) is 1. The quantitative estimate of drug-likeness (QED) is 0.588. The molecule has 1 fully saturated rings. The first-order valence-electron chi connectivity index (χ1n) is 4.60. The molecule has 1 atom stereocenters. The van der Waals surface area contributed by atoms with Gasteiger partial charge < -0.3 is 0 Å². The maximum absolute atomic E-state index is 11.3. The molecule has 3 nitrogen and oxygen atoms in total. The van der Waals surface area contributed by atoms with Crippen LogP contribution in [0.1, 0.15) is 27.2 Å². The van der Waals surface area contributed by atoms with Gasteiger partial charge in [0.1, 0.15) is 0 Å². The van der Waals surface area contributed by atoms with E-state index in [0.29, 0.717) is 0 Å². The van der Waals surface area contributed by atoms with Crippen molar-refractivity contribution in [1.29, 1.82) is 0 Å². The van der Waals surface area contributed by atoms with E-state index in [1.807, 2.05) is 22.9 Å². The zero-order valence-electron chi connectivity index (χ0n) is 8.43. The molecule has 1 heterocycles. The molecule has 1 saturated heterocycles. The van der Waals surface area contributed by atoms with Gasteiger partial charge in [0.25, 0.3) is 0 Å². The SMILES string of the molecule is CC(C)(C)N1CCC(C(=O)NI)C1. The van der Waals surface area contributed by atoms with Gasteiger partial charge >= 0.3 is 0 Å². The Morgan fingerprint density at radius 1 is 1.54 bits per heavy atom. The average molecular weight is 296 g/mol. The van der Waals surface area contributed by atoms with E-state index >= 15 is 0 Å². The first-order valence-corrected chi connectivity index (χ1v) is 5.68. The molecule has 0 aromatic heterocycles. The zero-order chi connectivity index (χ0) is 10.1. The summed E-state index contributed by atoms with van der Waals surface area (Å²) in [7, 11) is 0. The molecule has 0 spiro atoms. The number of nitrogens with zero attached hydrogens (tertiary/aromatic N) is 1. The minimum absolute atomic E-state index is 0.173. The first-order chi connectivity index (χ1) is 5.95. The second-order valence-corrected chi connectivity index (χ2v) is 5.10. The monoisotopic (exact) mass is 296 g/mol. The van der Waals surface area contributed by atoms with Gasteiger partial charge in [-0.05, 0) is 33.7 Å². The standard InChI is InChI=1S/C9H17IN2O/c1-9(2,3)12-5-4-7(6-12)8(13)11-10/h7H,4-6H2,1-3H3,(H,11,13). The third kappa shape index (κ3) is 2.80. The smallest absolute Gasteiger partial charge is 0.233 e. The molecule has 0 radical (unpaired) electrons. The summed E-state index contributed by atoms with van der Waals surface area (Å²) < 4.78 is 2.68. The molecule has 1 rings (SSSR count). The zero-order valence-corrected chi connectivity index (χ0v) is 10.6. The van der Waals surface area contributed by atoms with Crippen molar-refractivity contribution in [2.24, 2.45) is 5.92 Å². The third-order valence-corrected chi connectivity index (χ3v) is 3.13. The maximum Gasteiger partial charge on any atom is 0.233 e. The van der Waals surface area contributed by atoms with Crippen molar-refractivity contribution >= 4 is 28.8 Å². The van der Waals surface area contributed by atoms with Crippen LogP contribution in [-0.2, 0) is 4.79 Å². The van der Waals surface area contributed by atoms with Crippen LogP contribution in [0.2, 0.25) is 0 Å². The summed E-state index contributed by atoms with van der Waals surface area (Å²) in [6, 6.07) is 0. The lowest BCUT2D eigenvalue weighted by Crippen LogP contribution is -2.40. The molecular weight excluding hydrogens is 279 g/mol. The fourth-order valence-corrected chi connectivity index (χ4v) is 2.10. The van der Waals surface area contributed by atoms with E-state index < -0.39 is 0 Å². The van der Waals surface area contributed by atoms with Crippen LogP contribution >= 0.6 is 22.9 Å². The van der Waals surface area contributed by atoms with E-state index in [4.69, 9.17) is 0 Å². The van der Waals surface area contributed by atoms with Crippen molar-refractivity contribution in [3.63, 3.8) is 0 Å². The Labute approximate surface area is 93.7 Å². The molecule has 1 aliphatic rings. The van der Waals surface area contributed by atoms with E-state index in [1.165, 1.54) is 0 Å². The predicted octanol–water partition coefficient (Wildman–Crippen LogP) is 1.57. The van der Waals surface area contributed by atoms with E-state index in [0.717, 1.165) is 19.5 Å².